The van der Waals surface area contributed by atoms with Gasteiger partial charge in [0.05, 0.1) is 17.7 Å². The van der Waals surface area contributed by atoms with Crippen LogP contribution < -0.4 is 0 Å². The zero-order valence-corrected chi connectivity index (χ0v) is 8.52. The fourth-order valence-corrected chi connectivity index (χ4v) is 1.85. The van der Waals surface area contributed by atoms with Gasteiger partial charge in [-0.25, -0.2) is 9.67 Å². The van der Waals surface area contributed by atoms with E-state index in [1.807, 2.05) is 12.4 Å². The molecule has 0 saturated carbocycles. The second-order valence-electron chi connectivity index (χ2n) is 2.53. The molecule has 0 bridgehead atoms. The van der Waals surface area contributed by atoms with E-state index in [2.05, 4.69) is 20.5 Å². The van der Waals surface area contributed by atoms with E-state index in [-0.39, 0.29) is 0 Å². The maximum atomic E-state index is 4.94. The highest BCUT2D eigenvalue weighted by Crippen LogP contribution is 2.12. The molecule has 0 aliphatic heterocycles. The molecule has 0 unspecified atom stereocenters. The van der Waals surface area contributed by atoms with E-state index >= 15 is 0 Å². The molecule has 0 spiro atoms. The van der Waals surface area contributed by atoms with Crippen molar-refractivity contribution in [2.75, 3.05) is 0 Å². The Morgan fingerprint density at radius 3 is 3.08 bits per heavy atom. The molecule has 2 rings (SSSR count). The fraction of sp³-hybridized carbons (Fsp3) is 0.333. The molecule has 1 N–H and O–H groups in total. The summed E-state index contributed by atoms with van der Waals surface area (Å²) in [6.45, 7) is 2.64. The highest BCUT2D eigenvalue weighted by Gasteiger charge is 2.03. The number of H-pyrrole nitrogens is 1. The van der Waals surface area contributed by atoms with Crippen molar-refractivity contribution in [2.45, 2.75) is 13.5 Å². The minimum absolute atomic E-state index is 0.466. The topological polar surface area (TPSA) is 59.4 Å². The van der Waals surface area contributed by atoms with Crippen molar-refractivity contribution < 1.29 is 0 Å². The molecular weight excluding hydrogens is 206 g/mol. The molecule has 2 heterocycles. The first-order valence-corrected chi connectivity index (χ1v) is 4.93. The summed E-state index contributed by atoms with van der Waals surface area (Å²) in [6.07, 6.45) is 0. The SMILES string of the molecule is Cc1ncsc1Cn1[nH]nnc1=S. The standard InChI is InChI=1S/C6H7N5S2/c1-4-5(13-3-7-4)2-11-6(12)8-9-10-11/h3H,2H2,1H3,(H,8,10,12). The Morgan fingerprint density at radius 2 is 2.54 bits per heavy atom. The predicted molar refractivity (Wildman–Crippen MR) is 51.2 cm³/mol. The molecule has 0 atom stereocenters. The lowest BCUT2D eigenvalue weighted by atomic mass is 10.4. The number of thiazole rings is 1. The molecule has 2 aromatic rings. The molecule has 0 aromatic carbocycles. The summed E-state index contributed by atoms with van der Waals surface area (Å²) < 4.78 is 2.17. The lowest BCUT2D eigenvalue weighted by Crippen LogP contribution is -2.01. The Balaban J connectivity index is 2.29. The van der Waals surface area contributed by atoms with Crippen LogP contribution in [0.15, 0.2) is 5.51 Å². The number of aryl methyl sites for hydroxylation is 1. The van der Waals surface area contributed by atoms with E-state index in [9.17, 15) is 0 Å². The first kappa shape index (κ1) is 8.52. The van der Waals surface area contributed by atoms with Gasteiger partial charge in [0.2, 0.25) is 4.77 Å². The summed E-state index contributed by atoms with van der Waals surface area (Å²) in [6, 6.07) is 0. The van der Waals surface area contributed by atoms with Gasteiger partial charge in [-0.05, 0) is 19.1 Å². The number of hydrogen-bond donors (Lipinski definition) is 1. The molecule has 0 aliphatic carbocycles. The molecule has 7 heteroatoms. The molecule has 0 saturated heterocycles. The number of nitrogens with one attached hydrogen (secondary N) is 1. The van der Waals surface area contributed by atoms with Gasteiger partial charge in [0, 0.05) is 4.88 Å². The van der Waals surface area contributed by atoms with E-state index in [0.717, 1.165) is 5.69 Å². The summed E-state index contributed by atoms with van der Waals surface area (Å²) in [7, 11) is 0. The number of nitrogens with zero attached hydrogens (tertiary/aromatic N) is 4. The lowest BCUT2D eigenvalue weighted by molar-refractivity contribution is 0.645. The van der Waals surface area contributed by atoms with Crippen LogP contribution in [0, 0.1) is 11.7 Å². The molecule has 0 fully saturated rings. The van der Waals surface area contributed by atoms with Gasteiger partial charge < -0.3 is 0 Å². The zero-order valence-electron chi connectivity index (χ0n) is 6.89. The van der Waals surface area contributed by atoms with Crippen molar-refractivity contribution in [2.24, 2.45) is 0 Å². The molecule has 13 heavy (non-hydrogen) atoms. The van der Waals surface area contributed by atoms with E-state index in [1.54, 1.807) is 16.0 Å². The Morgan fingerprint density at radius 1 is 1.69 bits per heavy atom. The maximum absolute atomic E-state index is 4.94. The number of tetrazole rings is 1. The van der Waals surface area contributed by atoms with Crippen molar-refractivity contribution in [1.29, 1.82) is 0 Å². The molecule has 0 aliphatic rings. The smallest absolute Gasteiger partial charge is 0.238 e. The minimum atomic E-state index is 0.466. The summed E-state index contributed by atoms with van der Waals surface area (Å²) >= 11 is 6.55. The normalized spacial score (nSPS) is 10.5. The minimum Gasteiger partial charge on any atom is -0.250 e. The van der Waals surface area contributed by atoms with Crippen LogP contribution in [-0.4, -0.2) is 25.2 Å². The largest absolute Gasteiger partial charge is 0.250 e. The van der Waals surface area contributed by atoms with E-state index in [1.165, 1.54) is 4.88 Å². The number of aromatic nitrogens is 5. The Hall–Kier alpha value is -1.08. The molecular formula is C6H7N5S2. The van der Waals surface area contributed by atoms with Gasteiger partial charge in [-0.3, -0.25) is 0 Å². The van der Waals surface area contributed by atoms with Crippen LogP contribution in [0.1, 0.15) is 10.6 Å². The summed E-state index contributed by atoms with van der Waals surface area (Å²) in [5, 5.41) is 9.98. The number of hydrogen-bond acceptors (Lipinski definition) is 5. The van der Waals surface area contributed by atoms with E-state index < -0.39 is 0 Å². The predicted octanol–water partition coefficient (Wildman–Crippen LogP) is 1.15. The molecule has 0 amide bonds. The second-order valence-corrected chi connectivity index (χ2v) is 3.83. The van der Waals surface area contributed by atoms with E-state index in [4.69, 9.17) is 12.2 Å². The van der Waals surface area contributed by atoms with Gasteiger partial charge in [0.1, 0.15) is 0 Å². The van der Waals surface area contributed by atoms with Gasteiger partial charge in [0.25, 0.3) is 0 Å². The average molecular weight is 213 g/mol. The Kier molecular flexibility index (Phi) is 2.19. The van der Waals surface area contributed by atoms with Crippen LogP contribution in [0.4, 0.5) is 0 Å². The number of rotatable bonds is 2. The zero-order chi connectivity index (χ0) is 9.26. The van der Waals surface area contributed by atoms with Crippen LogP contribution in [0.25, 0.3) is 0 Å². The maximum Gasteiger partial charge on any atom is 0.238 e. The van der Waals surface area contributed by atoms with Crippen molar-refractivity contribution in [3.8, 4) is 0 Å². The summed E-state index contributed by atoms with van der Waals surface area (Å²) in [5.41, 5.74) is 2.85. The summed E-state index contributed by atoms with van der Waals surface area (Å²) in [4.78, 5) is 5.31. The van der Waals surface area contributed by atoms with Crippen molar-refractivity contribution in [1.82, 2.24) is 25.2 Å². The fourth-order valence-electron chi connectivity index (χ4n) is 0.940. The van der Waals surface area contributed by atoms with Gasteiger partial charge in [0.15, 0.2) is 0 Å². The highest BCUT2D eigenvalue weighted by molar-refractivity contribution is 7.71. The second kappa shape index (κ2) is 3.35. The highest BCUT2D eigenvalue weighted by atomic mass is 32.1. The monoisotopic (exact) mass is 213 g/mol. The van der Waals surface area contributed by atoms with Gasteiger partial charge >= 0.3 is 0 Å². The van der Waals surface area contributed by atoms with Crippen LogP contribution in [0.2, 0.25) is 0 Å². The van der Waals surface area contributed by atoms with Crippen LogP contribution in [0.3, 0.4) is 0 Å². The molecule has 5 nitrogen and oxygen atoms in total. The first-order valence-electron chi connectivity index (χ1n) is 3.64. The molecule has 0 radical (unpaired) electrons. The number of aromatic amines is 1. The van der Waals surface area contributed by atoms with Gasteiger partial charge in [-0.1, -0.05) is 10.3 Å². The quantitative estimate of drug-likeness (QED) is 0.760. The molecule has 68 valence electrons. The van der Waals surface area contributed by atoms with Crippen LogP contribution in [0.5, 0.6) is 0 Å². The van der Waals surface area contributed by atoms with Crippen molar-refractivity contribution in [3.05, 3.63) is 20.9 Å². The third kappa shape index (κ3) is 1.65. The van der Waals surface area contributed by atoms with Crippen LogP contribution in [-0.2, 0) is 6.54 Å². The van der Waals surface area contributed by atoms with E-state index in [0.29, 0.717) is 11.3 Å². The average Bonchev–Trinajstić information content (AvgIpc) is 2.65. The van der Waals surface area contributed by atoms with Crippen LogP contribution >= 0.6 is 23.6 Å². The van der Waals surface area contributed by atoms with Crippen molar-refractivity contribution in [3.63, 3.8) is 0 Å². The van der Waals surface area contributed by atoms with Gasteiger partial charge in [-0.15, -0.1) is 11.3 Å². The summed E-state index contributed by atoms with van der Waals surface area (Å²) in [5.74, 6) is 0. The van der Waals surface area contributed by atoms with Crippen molar-refractivity contribution >= 4 is 23.6 Å². The Labute approximate surface area is 83.4 Å². The third-order valence-corrected chi connectivity index (χ3v) is 2.90. The third-order valence-electron chi connectivity index (χ3n) is 1.68. The first-order chi connectivity index (χ1) is 6.27. The van der Waals surface area contributed by atoms with Gasteiger partial charge in [-0.2, -0.15) is 5.21 Å². The lowest BCUT2D eigenvalue weighted by Gasteiger charge is -1.97. The molecule has 2 aromatic heterocycles. The Bertz CT molecular complexity index is 453.